The van der Waals surface area contributed by atoms with Crippen LogP contribution in [0.4, 0.5) is 5.69 Å². The molecule has 0 spiro atoms. The van der Waals surface area contributed by atoms with Gasteiger partial charge in [0, 0.05) is 12.8 Å². The molecule has 1 heterocycles. The molecule has 5 nitrogen and oxygen atoms in total. The van der Waals surface area contributed by atoms with Crippen LogP contribution in [0.25, 0.3) is 0 Å². The largest absolute Gasteiger partial charge is 0.480 e. The highest BCUT2D eigenvalue weighted by molar-refractivity contribution is 5.92. The quantitative estimate of drug-likeness (QED) is 0.789. The Labute approximate surface area is 88.4 Å². The van der Waals surface area contributed by atoms with Gasteiger partial charge in [-0.05, 0) is 19.1 Å². The van der Waals surface area contributed by atoms with Crippen molar-refractivity contribution >= 4 is 11.6 Å². The standard InChI is InChI=1S/C10H14N2O3/c1-3-15-7-9(13)12-8-5-4-6-11-10(8)14-2/h4-6H,3,7H2,1-2H3,(H,12,13). The third kappa shape index (κ3) is 3.55. The summed E-state index contributed by atoms with van der Waals surface area (Å²) >= 11 is 0. The molecule has 0 aliphatic carbocycles. The Hall–Kier alpha value is -1.62. The van der Waals surface area contributed by atoms with Gasteiger partial charge in [0.1, 0.15) is 12.3 Å². The number of rotatable bonds is 5. The van der Waals surface area contributed by atoms with Gasteiger partial charge in [-0.25, -0.2) is 4.98 Å². The average Bonchev–Trinajstić information content (AvgIpc) is 2.27. The lowest BCUT2D eigenvalue weighted by atomic mass is 10.4. The minimum absolute atomic E-state index is 0.0363. The van der Waals surface area contributed by atoms with E-state index in [1.165, 1.54) is 7.11 Å². The molecular weight excluding hydrogens is 196 g/mol. The number of pyridine rings is 1. The number of ether oxygens (including phenoxy) is 2. The van der Waals surface area contributed by atoms with Gasteiger partial charge in [0.15, 0.2) is 0 Å². The summed E-state index contributed by atoms with van der Waals surface area (Å²) in [5, 5.41) is 2.64. The number of aromatic nitrogens is 1. The topological polar surface area (TPSA) is 60.5 Å². The number of carbonyl (C=O) groups is 1. The van der Waals surface area contributed by atoms with E-state index in [-0.39, 0.29) is 12.5 Å². The molecule has 0 unspecified atom stereocenters. The number of nitrogens with one attached hydrogen (secondary N) is 1. The van der Waals surface area contributed by atoms with Gasteiger partial charge in [-0.15, -0.1) is 0 Å². The fourth-order valence-electron chi connectivity index (χ4n) is 1.03. The molecule has 1 aromatic rings. The van der Waals surface area contributed by atoms with Crippen molar-refractivity contribution in [2.24, 2.45) is 0 Å². The maximum Gasteiger partial charge on any atom is 0.250 e. The Morgan fingerprint density at radius 2 is 2.40 bits per heavy atom. The molecule has 1 rings (SSSR count). The third-order valence-electron chi connectivity index (χ3n) is 1.68. The predicted octanol–water partition coefficient (Wildman–Crippen LogP) is 1.07. The van der Waals surface area contributed by atoms with Crippen LogP contribution in [0.2, 0.25) is 0 Å². The van der Waals surface area contributed by atoms with E-state index >= 15 is 0 Å². The summed E-state index contributed by atoms with van der Waals surface area (Å²) in [5.74, 6) is 0.172. The van der Waals surface area contributed by atoms with Crippen LogP contribution in [-0.2, 0) is 9.53 Å². The summed E-state index contributed by atoms with van der Waals surface area (Å²) < 4.78 is 9.95. The molecule has 0 radical (unpaired) electrons. The molecular formula is C10H14N2O3. The molecule has 0 aliphatic heterocycles. The van der Waals surface area contributed by atoms with E-state index in [1.54, 1.807) is 18.3 Å². The smallest absolute Gasteiger partial charge is 0.250 e. The first-order chi connectivity index (χ1) is 7.27. The van der Waals surface area contributed by atoms with Crippen LogP contribution in [0, 0.1) is 0 Å². The van der Waals surface area contributed by atoms with Crippen molar-refractivity contribution in [3.8, 4) is 5.88 Å². The van der Waals surface area contributed by atoms with Gasteiger partial charge in [-0.1, -0.05) is 0 Å². The Balaban J connectivity index is 2.59. The number of hydrogen-bond acceptors (Lipinski definition) is 4. The van der Waals surface area contributed by atoms with Gasteiger partial charge in [-0.2, -0.15) is 0 Å². The van der Waals surface area contributed by atoms with Crippen molar-refractivity contribution in [1.29, 1.82) is 0 Å². The summed E-state index contributed by atoms with van der Waals surface area (Å²) in [6.07, 6.45) is 1.59. The first-order valence-corrected chi connectivity index (χ1v) is 4.64. The fourth-order valence-corrected chi connectivity index (χ4v) is 1.03. The fraction of sp³-hybridized carbons (Fsp3) is 0.400. The van der Waals surface area contributed by atoms with Crippen LogP contribution in [0.15, 0.2) is 18.3 Å². The molecule has 5 heteroatoms. The molecule has 0 atom stereocenters. The van der Waals surface area contributed by atoms with E-state index < -0.39 is 0 Å². The highest BCUT2D eigenvalue weighted by Crippen LogP contribution is 2.19. The molecule has 15 heavy (non-hydrogen) atoms. The Morgan fingerprint density at radius 1 is 1.60 bits per heavy atom. The molecule has 82 valence electrons. The molecule has 1 N–H and O–H groups in total. The zero-order valence-corrected chi connectivity index (χ0v) is 8.82. The molecule has 0 fully saturated rings. The third-order valence-corrected chi connectivity index (χ3v) is 1.68. The zero-order chi connectivity index (χ0) is 11.1. The lowest BCUT2D eigenvalue weighted by molar-refractivity contribution is -0.120. The number of methoxy groups -OCH3 is 1. The van der Waals surface area contributed by atoms with E-state index in [4.69, 9.17) is 9.47 Å². The Bertz CT molecular complexity index is 328. The summed E-state index contributed by atoms with van der Waals surface area (Å²) in [5.41, 5.74) is 0.546. The molecule has 1 aromatic heterocycles. The highest BCUT2D eigenvalue weighted by atomic mass is 16.5. The van der Waals surface area contributed by atoms with Crippen LogP contribution >= 0.6 is 0 Å². The molecule has 0 aromatic carbocycles. The SMILES string of the molecule is CCOCC(=O)Nc1cccnc1OC. The van der Waals surface area contributed by atoms with Crippen molar-refractivity contribution in [2.45, 2.75) is 6.92 Å². The van der Waals surface area contributed by atoms with E-state index in [0.29, 0.717) is 18.2 Å². The van der Waals surface area contributed by atoms with E-state index in [0.717, 1.165) is 0 Å². The normalized spacial score (nSPS) is 9.73. The second-order valence-electron chi connectivity index (χ2n) is 2.75. The van der Waals surface area contributed by atoms with E-state index in [1.807, 2.05) is 6.92 Å². The summed E-state index contributed by atoms with van der Waals surface area (Å²) in [6.45, 7) is 2.38. The molecule has 0 bridgehead atoms. The van der Waals surface area contributed by atoms with E-state index in [2.05, 4.69) is 10.3 Å². The van der Waals surface area contributed by atoms with Gasteiger partial charge in [-0.3, -0.25) is 4.79 Å². The second kappa shape index (κ2) is 5.98. The predicted molar refractivity (Wildman–Crippen MR) is 55.9 cm³/mol. The number of nitrogens with zero attached hydrogens (tertiary/aromatic N) is 1. The van der Waals surface area contributed by atoms with Crippen LogP contribution in [-0.4, -0.2) is 31.2 Å². The van der Waals surface area contributed by atoms with Gasteiger partial charge < -0.3 is 14.8 Å². The van der Waals surface area contributed by atoms with Gasteiger partial charge in [0.2, 0.25) is 5.88 Å². The zero-order valence-electron chi connectivity index (χ0n) is 8.82. The highest BCUT2D eigenvalue weighted by Gasteiger charge is 2.07. The van der Waals surface area contributed by atoms with Gasteiger partial charge >= 0.3 is 0 Å². The molecule has 0 aliphatic rings. The van der Waals surface area contributed by atoms with Crippen LogP contribution < -0.4 is 10.1 Å². The summed E-state index contributed by atoms with van der Waals surface area (Å²) in [4.78, 5) is 15.3. The number of amides is 1. The van der Waals surface area contributed by atoms with Crippen LogP contribution in [0.5, 0.6) is 5.88 Å². The monoisotopic (exact) mass is 210 g/mol. The number of carbonyl (C=O) groups excluding carboxylic acids is 1. The minimum atomic E-state index is -0.219. The van der Waals surface area contributed by atoms with Gasteiger partial charge in [0.05, 0.1) is 7.11 Å². The second-order valence-corrected chi connectivity index (χ2v) is 2.75. The van der Waals surface area contributed by atoms with Crippen molar-refractivity contribution in [1.82, 2.24) is 4.98 Å². The van der Waals surface area contributed by atoms with Crippen LogP contribution in [0.1, 0.15) is 6.92 Å². The maximum atomic E-state index is 11.3. The summed E-state index contributed by atoms with van der Waals surface area (Å²) in [7, 11) is 1.50. The average molecular weight is 210 g/mol. The lowest BCUT2D eigenvalue weighted by Gasteiger charge is -2.08. The van der Waals surface area contributed by atoms with Crippen molar-refractivity contribution in [2.75, 3.05) is 25.6 Å². The van der Waals surface area contributed by atoms with Crippen molar-refractivity contribution < 1.29 is 14.3 Å². The van der Waals surface area contributed by atoms with Crippen LogP contribution in [0.3, 0.4) is 0 Å². The minimum Gasteiger partial charge on any atom is -0.480 e. The summed E-state index contributed by atoms with van der Waals surface area (Å²) in [6, 6.07) is 3.44. The Kier molecular flexibility index (Phi) is 4.56. The molecule has 0 saturated carbocycles. The van der Waals surface area contributed by atoms with Gasteiger partial charge in [0.25, 0.3) is 5.91 Å². The molecule has 0 saturated heterocycles. The van der Waals surface area contributed by atoms with Crippen molar-refractivity contribution in [3.63, 3.8) is 0 Å². The van der Waals surface area contributed by atoms with E-state index in [9.17, 15) is 4.79 Å². The number of anilines is 1. The van der Waals surface area contributed by atoms with Crippen molar-refractivity contribution in [3.05, 3.63) is 18.3 Å². The first-order valence-electron chi connectivity index (χ1n) is 4.64. The maximum absolute atomic E-state index is 11.3. The Morgan fingerprint density at radius 3 is 3.07 bits per heavy atom. The first kappa shape index (κ1) is 11.5. The lowest BCUT2D eigenvalue weighted by Crippen LogP contribution is -2.18. The number of hydrogen-bond donors (Lipinski definition) is 1. The molecule has 1 amide bonds.